The fourth-order valence-electron chi connectivity index (χ4n) is 2.14. The molecule has 4 nitrogen and oxygen atoms in total. The first-order chi connectivity index (χ1) is 10.1. The van der Waals surface area contributed by atoms with Gasteiger partial charge in [0.15, 0.2) is 0 Å². The quantitative estimate of drug-likeness (QED) is 0.195. The summed E-state index contributed by atoms with van der Waals surface area (Å²) in [5.41, 5.74) is 0. The molecule has 0 spiro atoms. The van der Waals surface area contributed by atoms with Crippen LogP contribution in [0.5, 0.6) is 0 Å². The Balaban J connectivity index is 3.14. The summed E-state index contributed by atoms with van der Waals surface area (Å²) in [5, 5.41) is 0. The van der Waals surface area contributed by atoms with Crippen molar-refractivity contribution < 1.29 is 17.2 Å². The van der Waals surface area contributed by atoms with Gasteiger partial charge in [0, 0.05) is 0 Å². The molecule has 5 heteroatoms. The highest BCUT2D eigenvalue weighted by Gasteiger charge is 1.98. The normalized spacial score (nSPS) is 11.9. The highest BCUT2D eigenvalue weighted by Crippen LogP contribution is 2.12. The fraction of sp³-hybridized carbons (Fsp3) is 0.750. The molecule has 0 fully saturated rings. The van der Waals surface area contributed by atoms with Crippen molar-refractivity contribution in [2.75, 3.05) is 0 Å². The molecule has 21 heavy (non-hydrogen) atoms. The first-order valence-corrected chi connectivity index (χ1v) is 9.34. The van der Waals surface area contributed by atoms with E-state index in [0.29, 0.717) is 0 Å². The zero-order valence-electron chi connectivity index (χ0n) is 13.0. The van der Waals surface area contributed by atoms with Crippen molar-refractivity contribution in [3.05, 3.63) is 25.0 Å². The minimum Gasteiger partial charge on any atom is -0.370 e. The molecule has 0 saturated heterocycles. The molecular weight excluding hydrogens is 288 g/mol. The monoisotopic (exact) mass is 318 g/mol. The SMILES string of the molecule is C=CCCCCCCCCCCCCC=COS(=O)(=O)O. The molecule has 0 aromatic heterocycles. The molecule has 0 bridgehead atoms. The molecule has 0 aliphatic heterocycles. The maximum Gasteiger partial charge on any atom is 0.445 e. The Bertz CT molecular complexity index is 360. The van der Waals surface area contributed by atoms with Crippen molar-refractivity contribution in [1.29, 1.82) is 0 Å². The third-order valence-electron chi connectivity index (χ3n) is 3.30. The molecular formula is C16H30O4S. The van der Waals surface area contributed by atoms with Crippen LogP contribution >= 0.6 is 0 Å². The van der Waals surface area contributed by atoms with Crippen LogP contribution in [-0.2, 0) is 14.6 Å². The Kier molecular flexibility index (Phi) is 13.6. The van der Waals surface area contributed by atoms with Gasteiger partial charge in [0.25, 0.3) is 0 Å². The second-order valence-corrected chi connectivity index (χ2v) is 6.35. The summed E-state index contributed by atoms with van der Waals surface area (Å²) >= 11 is 0. The summed E-state index contributed by atoms with van der Waals surface area (Å²) in [4.78, 5) is 0. The van der Waals surface area contributed by atoms with Gasteiger partial charge >= 0.3 is 10.4 Å². The average Bonchev–Trinajstić information content (AvgIpc) is 2.42. The second-order valence-electron chi connectivity index (χ2n) is 5.30. The first kappa shape index (κ1) is 20.2. The molecule has 0 aromatic carbocycles. The summed E-state index contributed by atoms with van der Waals surface area (Å²) in [6, 6.07) is 0. The van der Waals surface area contributed by atoms with E-state index in [-0.39, 0.29) is 0 Å². The van der Waals surface area contributed by atoms with Gasteiger partial charge in [-0.2, -0.15) is 8.42 Å². The predicted octanol–water partition coefficient (Wildman–Crippen LogP) is 5.19. The fourth-order valence-corrected chi connectivity index (χ4v) is 2.36. The lowest BCUT2D eigenvalue weighted by Crippen LogP contribution is -1.96. The summed E-state index contributed by atoms with van der Waals surface area (Å²) in [6.45, 7) is 3.72. The minimum atomic E-state index is -4.33. The van der Waals surface area contributed by atoms with Crippen LogP contribution in [0.1, 0.15) is 77.0 Å². The van der Waals surface area contributed by atoms with Crippen molar-refractivity contribution >= 4 is 10.4 Å². The minimum absolute atomic E-state index is 0.777. The van der Waals surface area contributed by atoms with Gasteiger partial charge in [0.05, 0.1) is 0 Å². The Hall–Kier alpha value is -0.810. The van der Waals surface area contributed by atoms with Crippen molar-refractivity contribution in [3.63, 3.8) is 0 Å². The summed E-state index contributed by atoms with van der Waals surface area (Å²) in [6.07, 6.45) is 19.1. The van der Waals surface area contributed by atoms with Crippen LogP contribution in [0.3, 0.4) is 0 Å². The average molecular weight is 318 g/mol. The number of unbranched alkanes of at least 4 members (excludes halogenated alkanes) is 11. The van der Waals surface area contributed by atoms with Crippen LogP contribution in [-0.4, -0.2) is 13.0 Å². The van der Waals surface area contributed by atoms with E-state index in [1.54, 1.807) is 6.08 Å². The predicted molar refractivity (Wildman–Crippen MR) is 87.4 cm³/mol. The molecule has 0 unspecified atom stereocenters. The Labute approximate surface area is 130 Å². The number of allylic oxidation sites excluding steroid dienone is 2. The van der Waals surface area contributed by atoms with E-state index < -0.39 is 10.4 Å². The van der Waals surface area contributed by atoms with Gasteiger partial charge in [-0.1, -0.05) is 57.4 Å². The Morgan fingerprint density at radius 1 is 0.810 bits per heavy atom. The van der Waals surface area contributed by atoms with E-state index >= 15 is 0 Å². The third-order valence-corrected chi connectivity index (χ3v) is 3.66. The van der Waals surface area contributed by atoms with Crippen molar-refractivity contribution in [1.82, 2.24) is 0 Å². The maximum atomic E-state index is 10.2. The molecule has 0 radical (unpaired) electrons. The summed E-state index contributed by atoms with van der Waals surface area (Å²) in [5.74, 6) is 0. The van der Waals surface area contributed by atoms with E-state index in [9.17, 15) is 8.42 Å². The van der Waals surface area contributed by atoms with E-state index in [2.05, 4.69) is 10.8 Å². The molecule has 0 heterocycles. The van der Waals surface area contributed by atoms with Crippen LogP contribution in [0.2, 0.25) is 0 Å². The number of rotatable bonds is 15. The van der Waals surface area contributed by atoms with Gasteiger partial charge in [-0.3, -0.25) is 4.55 Å². The third kappa shape index (κ3) is 19.2. The summed E-state index contributed by atoms with van der Waals surface area (Å²) < 4.78 is 32.9. The van der Waals surface area contributed by atoms with Gasteiger partial charge in [-0.05, 0) is 31.8 Å². The Morgan fingerprint density at radius 2 is 1.24 bits per heavy atom. The Morgan fingerprint density at radius 3 is 1.67 bits per heavy atom. The van der Waals surface area contributed by atoms with Gasteiger partial charge in [0.1, 0.15) is 6.26 Å². The van der Waals surface area contributed by atoms with E-state index in [4.69, 9.17) is 4.55 Å². The van der Waals surface area contributed by atoms with Crippen molar-refractivity contribution in [3.8, 4) is 0 Å². The summed E-state index contributed by atoms with van der Waals surface area (Å²) in [7, 11) is -4.33. The molecule has 0 rings (SSSR count). The van der Waals surface area contributed by atoms with Gasteiger partial charge in [-0.25, -0.2) is 0 Å². The molecule has 0 amide bonds. The van der Waals surface area contributed by atoms with Gasteiger partial charge < -0.3 is 4.18 Å². The molecule has 0 saturated carbocycles. The zero-order chi connectivity index (χ0) is 15.8. The van der Waals surface area contributed by atoms with Crippen LogP contribution in [0.15, 0.2) is 25.0 Å². The van der Waals surface area contributed by atoms with Gasteiger partial charge in [-0.15, -0.1) is 6.58 Å². The van der Waals surface area contributed by atoms with Crippen LogP contribution in [0.25, 0.3) is 0 Å². The topological polar surface area (TPSA) is 63.6 Å². The highest BCUT2D eigenvalue weighted by molar-refractivity contribution is 7.81. The molecule has 0 atom stereocenters. The van der Waals surface area contributed by atoms with Crippen molar-refractivity contribution in [2.45, 2.75) is 77.0 Å². The second kappa shape index (κ2) is 14.1. The van der Waals surface area contributed by atoms with Crippen LogP contribution in [0.4, 0.5) is 0 Å². The molecule has 0 aromatic rings. The standard InChI is InChI=1S/C16H30O4S/c1-2-3-4-5-6-7-8-9-10-11-12-13-14-15-16-20-21(17,18)19/h2,15-16H,1,3-14H2,(H,17,18,19). The zero-order valence-corrected chi connectivity index (χ0v) is 13.8. The number of hydrogen-bond acceptors (Lipinski definition) is 3. The van der Waals surface area contributed by atoms with Gasteiger partial charge in [0.2, 0.25) is 0 Å². The lowest BCUT2D eigenvalue weighted by molar-refractivity contribution is 0.355. The largest absolute Gasteiger partial charge is 0.445 e. The lowest BCUT2D eigenvalue weighted by Gasteiger charge is -2.01. The number of hydrogen-bond donors (Lipinski definition) is 1. The molecule has 0 aliphatic carbocycles. The van der Waals surface area contributed by atoms with Crippen LogP contribution in [0, 0.1) is 0 Å². The molecule has 124 valence electrons. The van der Waals surface area contributed by atoms with E-state index in [1.807, 2.05) is 6.08 Å². The van der Waals surface area contributed by atoms with E-state index in [1.165, 1.54) is 51.4 Å². The van der Waals surface area contributed by atoms with E-state index in [0.717, 1.165) is 31.9 Å². The van der Waals surface area contributed by atoms with Crippen molar-refractivity contribution in [2.24, 2.45) is 0 Å². The first-order valence-electron chi connectivity index (χ1n) is 7.98. The maximum absolute atomic E-state index is 10.2. The smallest absolute Gasteiger partial charge is 0.370 e. The lowest BCUT2D eigenvalue weighted by atomic mass is 10.1. The molecule has 1 N–H and O–H groups in total. The molecule has 0 aliphatic rings. The van der Waals surface area contributed by atoms with Crippen LogP contribution < -0.4 is 0 Å². The highest BCUT2D eigenvalue weighted by atomic mass is 32.3.